The first-order valence-electron chi connectivity index (χ1n) is 12.2. The van der Waals surface area contributed by atoms with Crippen LogP contribution in [0.15, 0.2) is 83.9 Å². The minimum absolute atomic E-state index is 0.00453. The van der Waals surface area contributed by atoms with E-state index in [0.717, 1.165) is 10.5 Å². The summed E-state index contributed by atoms with van der Waals surface area (Å²) in [5, 5.41) is 12.7. The van der Waals surface area contributed by atoms with Crippen LogP contribution in [0.1, 0.15) is 28.0 Å². The summed E-state index contributed by atoms with van der Waals surface area (Å²) in [4.78, 5) is 26.6. The molecule has 0 spiro atoms. The number of esters is 1. The van der Waals surface area contributed by atoms with E-state index in [4.69, 9.17) is 9.47 Å². The van der Waals surface area contributed by atoms with Gasteiger partial charge in [0.2, 0.25) is 21.3 Å². The number of pyridine rings is 1. The van der Waals surface area contributed by atoms with Gasteiger partial charge in [-0.15, -0.1) is 0 Å². The third kappa shape index (κ3) is 5.67. The first-order chi connectivity index (χ1) is 19.0. The van der Waals surface area contributed by atoms with Gasteiger partial charge in [0, 0.05) is 38.3 Å². The van der Waals surface area contributed by atoms with Crippen LogP contribution in [0.4, 0.5) is 8.78 Å². The second kappa shape index (κ2) is 11.7. The molecule has 13 heteroatoms. The van der Waals surface area contributed by atoms with Crippen LogP contribution in [0.25, 0.3) is 0 Å². The van der Waals surface area contributed by atoms with Gasteiger partial charge >= 0.3 is 12.6 Å². The number of carbonyl (C=O) groups excluding carboxylic acids is 2. The van der Waals surface area contributed by atoms with Crippen molar-refractivity contribution in [2.24, 2.45) is 0 Å². The topological polar surface area (TPSA) is 120 Å². The monoisotopic (exact) mass is 575 g/mol. The van der Waals surface area contributed by atoms with Gasteiger partial charge in [0.1, 0.15) is 12.6 Å². The highest BCUT2D eigenvalue weighted by Gasteiger charge is 2.49. The molecule has 1 aromatic heterocycles. The van der Waals surface area contributed by atoms with E-state index in [9.17, 15) is 32.0 Å². The Bertz CT molecular complexity index is 1490. The number of benzene rings is 2. The van der Waals surface area contributed by atoms with E-state index in [1.165, 1.54) is 73.6 Å². The number of hydrogen-bond donors (Lipinski definition) is 0. The Morgan fingerprint density at radius 3 is 2.40 bits per heavy atom. The molecule has 3 aromatic rings. The highest BCUT2D eigenvalue weighted by Crippen LogP contribution is 2.35. The number of ether oxygens (including phenoxy) is 2. The maximum atomic E-state index is 13.7. The summed E-state index contributed by atoms with van der Waals surface area (Å²) in [5.41, 5.74) is -2.17. The molecule has 4 rings (SSSR count). The molecular formula is C27H27F2N3O7S. The lowest BCUT2D eigenvalue weighted by Crippen LogP contribution is -2.56. The maximum Gasteiger partial charge on any atom is 0.346 e. The molecule has 0 aliphatic carbocycles. The molecule has 10 nitrogen and oxygen atoms in total. The van der Waals surface area contributed by atoms with Crippen LogP contribution >= 0.6 is 0 Å². The van der Waals surface area contributed by atoms with Crippen molar-refractivity contribution in [2.45, 2.75) is 29.6 Å². The van der Waals surface area contributed by atoms with Gasteiger partial charge in [-0.25, -0.2) is 8.42 Å². The van der Waals surface area contributed by atoms with Crippen molar-refractivity contribution in [2.75, 3.05) is 27.2 Å². The Balaban J connectivity index is 1.61. The molecule has 0 N–H and O–H groups in total. The van der Waals surface area contributed by atoms with Crippen LogP contribution in [0.2, 0.25) is 0 Å². The van der Waals surface area contributed by atoms with E-state index in [2.05, 4.69) is 0 Å². The molecule has 1 fully saturated rings. The largest absolute Gasteiger partial charge is 0.618 e. The summed E-state index contributed by atoms with van der Waals surface area (Å²) in [6.45, 7) is -4.18. The van der Waals surface area contributed by atoms with Gasteiger partial charge < -0.3 is 14.8 Å². The Hall–Kier alpha value is -3.94. The van der Waals surface area contributed by atoms with Gasteiger partial charge in [0.25, 0.3) is 5.91 Å². The average molecular weight is 576 g/mol. The van der Waals surface area contributed by atoms with Gasteiger partial charge in [0.15, 0.2) is 6.20 Å². The smallest absolute Gasteiger partial charge is 0.346 e. The zero-order chi connectivity index (χ0) is 29.1. The van der Waals surface area contributed by atoms with Crippen molar-refractivity contribution in [1.82, 2.24) is 9.21 Å². The normalized spacial score (nSPS) is 17.1. The number of alkyl halides is 2. The summed E-state index contributed by atoms with van der Waals surface area (Å²) >= 11 is 0. The van der Waals surface area contributed by atoms with Crippen LogP contribution < -0.4 is 4.73 Å². The number of sulfonamides is 1. The first-order valence-corrected chi connectivity index (χ1v) is 13.6. The van der Waals surface area contributed by atoms with E-state index in [1.54, 1.807) is 18.2 Å². The first kappa shape index (κ1) is 29.1. The Morgan fingerprint density at radius 1 is 1.10 bits per heavy atom. The minimum atomic E-state index is -4.21. The molecule has 1 aliphatic heterocycles. The molecule has 1 saturated heterocycles. The lowest BCUT2D eigenvalue weighted by molar-refractivity contribution is -0.623. The molecular weight excluding hydrogens is 548 g/mol. The molecule has 1 unspecified atom stereocenters. The highest BCUT2D eigenvalue weighted by atomic mass is 32.2. The number of aromatic nitrogens is 1. The fourth-order valence-corrected chi connectivity index (χ4v) is 6.08. The number of nitrogens with zero attached hydrogens (tertiary/aromatic N) is 3. The molecule has 0 saturated carbocycles. The summed E-state index contributed by atoms with van der Waals surface area (Å²) in [6.07, 6.45) is 1.22. The Kier molecular flexibility index (Phi) is 8.47. The van der Waals surface area contributed by atoms with Gasteiger partial charge in [-0.3, -0.25) is 14.3 Å². The van der Waals surface area contributed by atoms with E-state index in [-0.39, 0.29) is 34.7 Å². The van der Waals surface area contributed by atoms with E-state index < -0.39 is 46.8 Å². The predicted molar refractivity (Wildman–Crippen MR) is 137 cm³/mol. The molecule has 40 heavy (non-hydrogen) atoms. The van der Waals surface area contributed by atoms with Crippen molar-refractivity contribution in [3.63, 3.8) is 0 Å². The minimum Gasteiger partial charge on any atom is -0.618 e. The third-order valence-corrected chi connectivity index (χ3v) is 8.43. The SMILES string of the molecule is CN(C)C(=O)c1cccc(S(=O)(=O)N2CC[C@H]2C(=O)OCC(OC(F)F)(c2ccccc2)c2cccc[n+]2[O-])c1. The summed E-state index contributed by atoms with van der Waals surface area (Å²) in [5.74, 6) is -1.40. The number of rotatable bonds is 10. The predicted octanol–water partition coefficient (Wildman–Crippen LogP) is 2.51. The highest BCUT2D eigenvalue weighted by molar-refractivity contribution is 7.89. The van der Waals surface area contributed by atoms with Crippen LogP contribution in [-0.4, -0.2) is 69.4 Å². The molecule has 2 atom stereocenters. The second-order valence-electron chi connectivity index (χ2n) is 9.24. The van der Waals surface area contributed by atoms with Gasteiger partial charge in [-0.05, 0) is 36.2 Å². The van der Waals surface area contributed by atoms with Crippen molar-refractivity contribution in [3.05, 3.63) is 101 Å². The van der Waals surface area contributed by atoms with Crippen molar-refractivity contribution >= 4 is 21.9 Å². The number of halogens is 2. The number of amides is 1. The molecule has 1 aliphatic rings. The summed E-state index contributed by atoms with van der Waals surface area (Å²) in [6, 6.07) is 15.9. The zero-order valence-electron chi connectivity index (χ0n) is 21.6. The second-order valence-corrected chi connectivity index (χ2v) is 11.1. The lowest BCUT2D eigenvalue weighted by atomic mass is 9.90. The van der Waals surface area contributed by atoms with E-state index >= 15 is 0 Å². The molecule has 0 radical (unpaired) electrons. The van der Waals surface area contributed by atoms with Gasteiger partial charge in [0.05, 0.1) is 4.90 Å². The number of hydrogen-bond acceptors (Lipinski definition) is 7. The summed E-state index contributed by atoms with van der Waals surface area (Å²) in [7, 11) is -1.15. The van der Waals surface area contributed by atoms with Crippen LogP contribution in [0, 0.1) is 5.21 Å². The van der Waals surface area contributed by atoms with Crippen molar-refractivity contribution in [3.8, 4) is 0 Å². The fourth-order valence-electron chi connectivity index (χ4n) is 4.41. The quantitative estimate of drug-likeness (QED) is 0.207. The van der Waals surface area contributed by atoms with Crippen molar-refractivity contribution < 1.29 is 41.0 Å². The zero-order valence-corrected chi connectivity index (χ0v) is 22.5. The maximum absolute atomic E-state index is 13.7. The fraction of sp³-hybridized carbons (Fsp3) is 0.296. The van der Waals surface area contributed by atoms with Crippen molar-refractivity contribution in [1.29, 1.82) is 0 Å². The van der Waals surface area contributed by atoms with E-state index in [0.29, 0.717) is 4.73 Å². The Labute approximate surface area is 230 Å². The summed E-state index contributed by atoms with van der Waals surface area (Å²) < 4.78 is 65.8. The lowest BCUT2D eigenvalue weighted by Gasteiger charge is -2.38. The van der Waals surface area contributed by atoms with Crippen LogP contribution in [0.5, 0.6) is 0 Å². The van der Waals surface area contributed by atoms with Crippen LogP contribution in [0.3, 0.4) is 0 Å². The molecule has 212 valence electrons. The van der Waals surface area contributed by atoms with Crippen LogP contribution in [-0.2, 0) is 29.9 Å². The van der Waals surface area contributed by atoms with E-state index in [1.807, 2.05) is 0 Å². The molecule has 1 amide bonds. The number of carbonyl (C=O) groups is 2. The van der Waals surface area contributed by atoms with Gasteiger partial charge in [-0.1, -0.05) is 36.4 Å². The molecule has 2 heterocycles. The standard InChI is InChI=1S/C27H27F2N3O7S/c1-30(2)24(33)19-9-8-12-21(17-19)40(36,37)32-16-14-22(32)25(34)38-18-27(39-26(28)29,20-10-4-3-5-11-20)23-13-6-7-15-31(23)35/h3-13,15,17,22,26H,14,16,18H2,1-2H3/t22-,27?/m0/s1. The molecule has 0 bridgehead atoms. The average Bonchev–Trinajstić information content (AvgIpc) is 2.90. The third-order valence-electron chi connectivity index (χ3n) is 6.52. The molecule has 2 aromatic carbocycles. The Morgan fingerprint density at radius 2 is 1.80 bits per heavy atom. The van der Waals surface area contributed by atoms with Gasteiger partial charge in [-0.2, -0.15) is 17.8 Å².